The maximum atomic E-state index is 4.66. The molecule has 0 saturated carbocycles. The molecule has 5 rings (SSSR count). The van der Waals surface area contributed by atoms with E-state index in [0.717, 1.165) is 16.6 Å². The summed E-state index contributed by atoms with van der Waals surface area (Å²) < 4.78 is 0.557. The minimum atomic E-state index is -0.0275. The van der Waals surface area contributed by atoms with Crippen molar-refractivity contribution in [1.82, 2.24) is 15.0 Å². The fourth-order valence-electron chi connectivity index (χ4n) is 4.01. The minimum absolute atomic E-state index is 0.0275. The monoisotopic (exact) mass is 401 g/mol. The predicted molar refractivity (Wildman–Crippen MR) is 108 cm³/mol. The molecule has 1 aliphatic rings. The molecule has 0 spiro atoms. The lowest BCUT2D eigenvalue weighted by atomic mass is 9.82. The van der Waals surface area contributed by atoms with Gasteiger partial charge in [0.05, 0.1) is 5.69 Å². The van der Waals surface area contributed by atoms with Crippen molar-refractivity contribution in [2.75, 3.05) is 0 Å². The van der Waals surface area contributed by atoms with Gasteiger partial charge in [0.25, 0.3) is 0 Å². The first-order chi connectivity index (χ1) is 12.6. The topological polar surface area (TPSA) is 38.7 Å². The van der Waals surface area contributed by atoms with Crippen LogP contribution in [-0.4, -0.2) is 15.0 Å². The first kappa shape index (κ1) is 15.6. The summed E-state index contributed by atoms with van der Waals surface area (Å²) in [5, 5.41) is 0.962. The van der Waals surface area contributed by atoms with Gasteiger partial charge in [-0.15, -0.1) is 0 Å². The third-order valence-corrected chi connectivity index (χ3v) is 5.66. The number of fused-ring (bicyclic) bond motifs is 4. The highest BCUT2D eigenvalue weighted by Gasteiger charge is 2.35. The minimum Gasteiger partial charge on any atom is -0.236 e. The standard InChI is InChI=1S/C22H16BrN3/c1-22(2)17-8-4-3-6-14(17)15-10-9-13(12-18(15)22)19-16-7-5-11-24-20(16)26-21(23)25-19/h3-12H,1-2H3. The summed E-state index contributed by atoms with van der Waals surface area (Å²) >= 11 is 3.43. The molecule has 0 N–H and O–H groups in total. The number of rotatable bonds is 1. The summed E-state index contributed by atoms with van der Waals surface area (Å²) in [6, 6.07) is 19.3. The maximum absolute atomic E-state index is 4.66. The number of pyridine rings is 1. The Morgan fingerprint density at radius 2 is 1.65 bits per heavy atom. The van der Waals surface area contributed by atoms with Crippen molar-refractivity contribution < 1.29 is 0 Å². The lowest BCUT2D eigenvalue weighted by molar-refractivity contribution is 0.660. The molecule has 1 aliphatic carbocycles. The zero-order valence-electron chi connectivity index (χ0n) is 14.5. The molecule has 4 aromatic rings. The molecule has 0 aliphatic heterocycles. The molecular weight excluding hydrogens is 386 g/mol. The third kappa shape index (κ3) is 2.15. The van der Waals surface area contributed by atoms with Crippen LogP contribution in [-0.2, 0) is 5.41 Å². The van der Waals surface area contributed by atoms with Crippen LogP contribution in [0.2, 0.25) is 0 Å². The molecule has 0 amide bonds. The van der Waals surface area contributed by atoms with Crippen molar-refractivity contribution >= 4 is 27.0 Å². The zero-order chi connectivity index (χ0) is 17.9. The second-order valence-corrected chi connectivity index (χ2v) is 7.86. The predicted octanol–water partition coefficient (Wildman–Crippen LogP) is 5.76. The van der Waals surface area contributed by atoms with Crippen LogP contribution in [0.4, 0.5) is 0 Å². The van der Waals surface area contributed by atoms with E-state index in [9.17, 15) is 0 Å². The van der Waals surface area contributed by atoms with Gasteiger partial charge in [0.1, 0.15) is 0 Å². The summed E-state index contributed by atoms with van der Waals surface area (Å²) in [7, 11) is 0. The van der Waals surface area contributed by atoms with Gasteiger partial charge in [-0.1, -0.05) is 50.2 Å². The van der Waals surface area contributed by atoms with E-state index in [1.165, 1.54) is 22.3 Å². The molecule has 3 nitrogen and oxygen atoms in total. The number of hydrogen-bond acceptors (Lipinski definition) is 3. The maximum Gasteiger partial charge on any atom is 0.199 e. The molecule has 4 heteroatoms. The van der Waals surface area contributed by atoms with E-state index in [1.54, 1.807) is 6.20 Å². The number of nitrogens with zero attached hydrogens (tertiary/aromatic N) is 3. The van der Waals surface area contributed by atoms with Crippen molar-refractivity contribution in [3.63, 3.8) is 0 Å². The van der Waals surface area contributed by atoms with Crippen LogP contribution in [0.5, 0.6) is 0 Å². The van der Waals surface area contributed by atoms with Crippen molar-refractivity contribution in [2.45, 2.75) is 19.3 Å². The van der Waals surface area contributed by atoms with Crippen LogP contribution in [0.25, 0.3) is 33.4 Å². The van der Waals surface area contributed by atoms with E-state index in [-0.39, 0.29) is 5.41 Å². The van der Waals surface area contributed by atoms with E-state index in [2.05, 4.69) is 87.2 Å². The van der Waals surface area contributed by atoms with E-state index in [0.29, 0.717) is 10.4 Å². The van der Waals surface area contributed by atoms with Crippen LogP contribution < -0.4 is 0 Å². The number of halogens is 1. The number of benzene rings is 2. The van der Waals surface area contributed by atoms with E-state index in [4.69, 9.17) is 0 Å². The van der Waals surface area contributed by atoms with Gasteiger partial charge in [0.15, 0.2) is 10.4 Å². The normalized spacial score (nSPS) is 14.3. The SMILES string of the molecule is CC1(C)c2ccccc2-c2ccc(-c3nc(Br)nc4ncccc34)cc21. The number of aromatic nitrogens is 3. The molecule has 0 fully saturated rings. The fourth-order valence-corrected chi connectivity index (χ4v) is 4.35. The Bertz CT molecular complexity index is 1180. The fraction of sp³-hybridized carbons (Fsp3) is 0.136. The molecule has 0 atom stereocenters. The highest BCUT2D eigenvalue weighted by Crippen LogP contribution is 2.49. The summed E-state index contributed by atoms with van der Waals surface area (Å²) in [5.41, 5.74) is 8.02. The smallest absolute Gasteiger partial charge is 0.199 e. The Morgan fingerprint density at radius 1 is 0.846 bits per heavy atom. The van der Waals surface area contributed by atoms with Gasteiger partial charge in [0, 0.05) is 22.6 Å². The lowest BCUT2D eigenvalue weighted by Gasteiger charge is -2.22. The van der Waals surface area contributed by atoms with Crippen LogP contribution in [0.3, 0.4) is 0 Å². The molecule has 126 valence electrons. The second-order valence-electron chi connectivity index (χ2n) is 7.15. The third-order valence-electron chi connectivity index (χ3n) is 5.30. The average Bonchev–Trinajstić information content (AvgIpc) is 2.89. The summed E-state index contributed by atoms with van der Waals surface area (Å²) in [5.74, 6) is 0. The molecule has 0 saturated heterocycles. The van der Waals surface area contributed by atoms with Crippen molar-refractivity contribution in [3.05, 3.63) is 76.7 Å². The number of hydrogen-bond donors (Lipinski definition) is 0. The lowest BCUT2D eigenvalue weighted by Crippen LogP contribution is -2.14. The van der Waals surface area contributed by atoms with Crippen LogP contribution in [0, 0.1) is 0 Å². The summed E-state index contributed by atoms with van der Waals surface area (Å²) in [4.78, 5) is 13.4. The Morgan fingerprint density at radius 3 is 2.54 bits per heavy atom. The van der Waals surface area contributed by atoms with Gasteiger partial charge in [-0.3, -0.25) is 0 Å². The first-order valence-corrected chi connectivity index (χ1v) is 9.38. The molecular formula is C22H16BrN3. The molecule has 2 heterocycles. The second kappa shape index (κ2) is 5.45. The van der Waals surface area contributed by atoms with E-state index < -0.39 is 0 Å². The highest BCUT2D eigenvalue weighted by atomic mass is 79.9. The van der Waals surface area contributed by atoms with Crippen LogP contribution in [0.1, 0.15) is 25.0 Å². The Hall–Kier alpha value is -2.59. The summed E-state index contributed by atoms with van der Waals surface area (Å²) in [6.45, 7) is 4.58. The van der Waals surface area contributed by atoms with Gasteiger partial charge in [-0.05, 0) is 56.4 Å². The van der Waals surface area contributed by atoms with Crippen LogP contribution >= 0.6 is 15.9 Å². The first-order valence-electron chi connectivity index (χ1n) is 8.59. The molecule has 0 bridgehead atoms. The van der Waals surface area contributed by atoms with Crippen molar-refractivity contribution in [2.24, 2.45) is 0 Å². The van der Waals surface area contributed by atoms with Gasteiger partial charge < -0.3 is 0 Å². The zero-order valence-corrected chi connectivity index (χ0v) is 16.1. The van der Waals surface area contributed by atoms with Crippen molar-refractivity contribution in [3.8, 4) is 22.4 Å². The highest BCUT2D eigenvalue weighted by molar-refractivity contribution is 9.10. The van der Waals surface area contributed by atoms with Crippen LogP contribution in [0.15, 0.2) is 65.5 Å². The largest absolute Gasteiger partial charge is 0.236 e. The molecule has 0 unspecified atom stereocenters. The van der Waals surface area contributed by atoms with Gasteiger partial charge in [0.2, 0.25) is 0 Å². The van der Waals surface area contributed by atoms with E-state index in [1.807, 2.05) is 12.1 Å². The molecule has 2 aromatic carbocycles. The molecule has 26 heavy (non-hydrogen) atoms. The van der Waals surface area contributed by atoms with Gasteiger partial charge >= 0.3 is 0 Å². The van der Waals surface area contributed by atoms with E-state index >= 15 is 0 Å². The van der Waals surface area contributed by atoms with Gasteiger partial charge in [-0.2, -0.15) is 0 Å². The Labute approximate surface area is 160 Å². The molecule has 2 aromatic heterocycles. The van der Waals surface area contributed by atoms with Crippen molar-refractivity contribution in [1.29, 1.82) is 0 Å². The van der Waals surface area contributed by atoms with Gasteiger partial charge in [-0.25, -0.2) is 15.0 Å². The summed E-state index contributed by atoms with van der Waals surface area (Å²) in [6.07, 6.45) is 1.76. The quantitative estimate of drug-likeness (QED) is 0.380. The Balaban J connectivity index is 1.77. The molecule has 0 radical (unpaired) electrons. The average molecular weight is 402 g/mol. The Kier molecular flexibility index (Phi) is 3.28.